The van der Waals surface area contributed by atoms with E-state index < -0.39 is 0 Å². The molecule has 1 amide bonds. The molecule has 2 heterocycles. The van der Waals surface area contributed by atoms with Crippen LogP contribution in [0.5, 0.6) is 0 Å². The Kier molecular flexibility index (Phi) is 6.16. The third-order valence-electron chi connectivity index (χ3n) is 4.64. The second kappa shape index (κ2) is 8.57. The van der Waals surface area contributed by atoms with Crippen molar-refractivity contribution in [2.75, 3.05) is 23.3 Å². The predicted molar refractivity (Wildman–Crippen MR) is 110 cm³/mol. The predicted octanol–water partition coefficient (Wildman–Crippen LogP) is 3.85. The van der Waals surface area contributed by atoms with Crippen LogP contribution in [0.1, 0.15) is 37.9 Å². The third kappa shape index (κ3) is 5.10. The van der Waals surface area contributed by atoms with Gasteiger partial charge in [0.2, 0.25) is 11.9 Å². The molecule has 0 bridgehead atoms. The normalized spacial score (nSPS) is 16.4. The largest absolute Gasteiger partial charge is 0.354 e. The SMILES string of the molecule is CCCc1cc(N2CC[C@H](NC(C)=O)C2)nc(Nc2cc(Cl)ccc2C)n1. The first-order valence-electron chi connectivity index (χ1n) is 9.37. The maximum absolute atomic E-state index is 11.3. The van der Waals surface area contributed by atoms with E-state index in [1.54, 1.807) is 6.92 Å². The Morgan fingerprint density at radius 1 is 1.33 bits per heavy atom. The summed E-state index contributed by atoms with van der Waals surface area (Å²) < 4.78 is 0. The second-order valence-corrected chi connectivity index (χ2v) is 7.44. The molecule has 27 heavy (non-hydrogen) atoms. The lowest BCUT2D eigenvalue weighted by molar-refractivity contribution is -0.119. The van der Waals surface area contributed by atoms with E-state index in [4.69, 9.17) is 16.6 Å². The summed E-state index contributed by atoms with van der Waals surface area (Å²) in [6.45, 7) is 7.34. The van der Waals surface area contributed by atoms with Gasteiger partial charge in [0.1, 0.15) is 5.82 Å². The molecule has 6 nitrogen and oxygen atoms in total. The Morgan fingerprint density at radius 2 is 2.15 bits per heavy atom. The van der Waals surface area contributed by atoms with E-state index in [2.05, 4.69) is 33.5 Å². The molecule has 0 spiro atoms. The molecular formula is C20H26ClN5O. The van der Waals surface area contributed by atoms with Gasteiger partial charge in [0.05, 0.1) is 0 Å². The van der Waals surface area contributed by atoms with Crippen molar-refractivity contribution in [2.45, 2.75) is 46.1 Å². The number of aryl methyl sites for hydroxylation is 2. The number of amides is 1. The number of hydrogen-bond acceptors (Lipinski definition) is 5. The van der Waals surface area contributed by atoms with Crippen molar-refractivity contribution in [3.8, 4) is 0 Å². The standard InChI is InChI=1S/C20H26ClN5O/c1-4-5-16-11-19(26-9-8-17(12-26)22-14(3)27)25-20(23-16)24-18-10-15(21)7-6-13(18)2/h6-7,10-11,17H,4-5,8-9,12H2,1-3H3,(H,22,27)(H,23,24,25)/t17-/m0/s1. The zero-order valence-corrected chi connectivity index (χ0v) is 16.8. The number of anilines is 3. The van der Waals surface area contributed by atoms with Crippen molar-refractivity contribution in [3.63, 3.8) is 0 Å². The van der Waals surface area contributed by atoms with E-state index in [0.717, 1.165) is 55.1 Å². The summed E-state index contributed by atoms with van der Waals surface area (Å²) in [5, 5.41) is 6.98. The van der Waals surface area contributed by atoms with Gasteiger partial charge in [-0.1, -0.05) is 31.0 Å². The number of carbonyl (C=O) groups is 1. The molecule has 2 aromatic rings. The molecule has 2 N–H and O–H groups in total. The molecule has 1 aliphatic rings. The van der Waals surface area contributed by atoms with Gasteiger partial charge in [-0.05, 0) is 37.5 Å². The Hall–Kier alpha value is -2.34. The van der Waals surface area contributed by atoms with Crippen LogP contribution in [0.3, 0.4) is 0 Å². The molecule has 1 aromatic heterocycles. The summed E-state index contributed by atoms with van der Waals surface area (Å²) in [6.07, 6.45) is 2.82. The van der Waals surface area contributed by atoms with Crippen LogP contribution >= 0.6 is 11.6 Å². The van der Waals surface area contributed by atoms with Gasteiger partial charge in [-0.15, -0.1) is 0 Å². The zero-order valence-electron chi connectivity index (χ0n) is 16.1. The summed E-state index contributed by atoms with van der Waals surface area (Å²) in [5.74, 6) is 1.47. The summed E-state index contributed by atoms with van der Waals surface area (Å²) in [6, 6.07) is 7.94. The van der Waals surface area contributed by atoms with Gasteiger partial charge in [-0.3, -0.25) is 4.79 Å². The molecule has 0 saturated carbocycles. The van der Waals surface area contributed by atoms with Crippen LogP contribution in [0.4, 0.5) is 17.5 Å². The molecule has 1 fully saturated rings. The number of carbonyl (C=O) groups excluding carboxylic acids is 1. The van der Waals surface area contributed by atoms with E-state index in [9.17, 15) is 4.79 Å². The van der Waals surface area contributed by atoms with Crippen LogP contribution < -0.4 is 15.5 Å². The Morgan fingerprint density at radius 3 is 2.89 bits per heavy atom. The van der Waals surface area contributed by atoms with E-state index in [1.165, 1.54) is 0 Å². The summed E-state index contributed by atoms with van der Waals surface area (Å²) >= 11 is 6.13. The van der Waals surface area contributed by atoms with E-state index in [1.807, 2.05) is 25.1 Å². The highest BCUT2D eigenvalue weighted by Gasteiger charge is 2.24. The summed E-state index contributed by atoms with van der Waals surface area (Å²) in [7, 11) is 0. The molecule has 1 atom stereocenters. The highest BCUT2D eigenvalue weighted by atomic mass is 35.5. The van der Waals surface area contributed by atoms with Crippen molar-refractivity contribution in [3.05, 3.63) is 40.5 Å². The summed E-state index contributed by atoms with van der Waals surface area (Å²) in [4.78, 5) is 22.9. The van der Waals surface area contributed by atoms with Crippen LogP contribution in [-0.4, -0.2) is 35.0 Å². The Bertz CT molecular complexity index is 826. The molecule has 0 aliphatic carbocycles. The first-order chi connectivity index (χ1) is 12.9. The van der Waals surface area contributed by atoms with Crippen molar-refractivity contribution >= 4 is 35.0 Å². The molecular weight excluding hydrogens is 362 g/mol. The molecule has 7 heteroatoms. The number of aromatic nitrogens is 2. The van der Waals surface area contributed by atoms with Crippen molar-refractivity contribution < 1.29 is 4.79 Å². The van der Waals surface area contributed by atoms with Crippen LogP contribution in [0.15, 0.2) is 24.3 Å². The fourth-order valence-corrected chi connectivity index (χ4v) is 3.48. The summed E-state index contributed by atoms with van der Waals surface area (Å²) in [5.41, 5.74) is 2.99. The lowest BCUT2D eigenvalue weighted by Gasteiger charge is -2.20. The minimum absolute atomic E-state index is 0.00926. The Balaban J connectivity index is 1.84. The van der Waals surface area contributed by atoms with Crippen LogP contribution in [0.2, 0.25) is 5.02 Å². The third-order valence-corrected chi connectivity index (χ3v) is 4.87. The molecule has 3 rings (SSSR count). The van der Waals surface area contributed by atoms with E-state index in [-0.39, 0.29) is 11.9 Å². The molecule has 1 saturated heterocycles. The quantitative estimate of drug-likeness (QED) is 0.787. The van der Waals surface area contributed by atoms with Gasteiger partial charge in [-0.2, -0.15) is 4.98 Å². The van der Waals surface area contributed by atoms with Gasteiger partial charge in [0, 0.05) is 48.5 Å². The molecule has 1 aromatic carbocycles. The lowest BCUT2D eigenvalue weighted by atomic mass is 10.2. The maximum atomic E-state index is 11.3. The molecule has 0 radical (unpaired) electrons. The van der Waals surface area contributed by atoms with Crippen molar-refractivity contribution in [1.82, 2.24) is 15.3 Å². The fraction of sp³-hybridized carbons (Fsp3) is 0.450. The second-order valence-electron chi connectivity index (χ2n) is 7.01. The minimum Gasteiger partial charge on any atom is -0.354 e. The zero-order chi connectivity index (χ0) is 19.4. The smallest absolute Gasteiger partial charge is 0.229 e. The van der Waals surface area contributed by atoms with E-state index in [0.29, 0.717) is 11.0 Å². The molecule has 0 unspecified atom stereocenters. The average Bonchev–Trinajstić information content (AvgIpc) is 3.06. The van der Waals surface area contributed by atoms with Crippen LogP contribution in [-0.2, 0) is 11.2 Å². The lowest BCUT2D eigenvalue weighted by Crippen LogP contribution is -2.35. The van der Waals surface area contributed by atoms with Crippen LogP contribution in [0.25, 0.3) is 0 Å². The number of benzene rings is 1. The molecule has 144 valence electrons. The number of rotatable bonds is 6. The van der Waals surface area contributed by atoms with Crippen LogP contribution in [0, 0.1) is 6.92 Å². The van der Waals surface area contributed by atoms with Gasteiger partial charge < -0.3 is 15.5 Å². The number of nitrogens with zero attached hydrogens (tertiary/aromatic N) is 3. The minimum atomic E-state index is 0.00926. The molecule has 1 aliphatic heterocycles. The van der Waals surface area contributed by atoms with Crippen molar-refractivity contribution in [2.24, 2.45) is 0 Å². The average molecular weight is 388 g/mol. The van der Waals surface area contributed by atoms with Gasteiger partial charge in [-0.25, -0.2) is 4.98 Å². The first-order valence-corrected chi connectivity index (χ1v) is 9.75. The maximum Gasteiger partial charge on any atom is 0.229 e. The topological polar surface area (TPSA) is 70.2 Å². The van der Waals surface area contributed by atoms with E-state index >= 15 is 0 Å². The highest BCUT2D eigenvalue weighted by Crippen LogP contribution is 2.26. The first kappa shape index (κ1) is 19.4. The van der Waals surface area contributed by atoms with Crippen molar-refractivity contribution in [1.29, 1.82) is 0 Å². The van der Waals surface area contributed by atoms with Gasteiger partial charge >= 0.3 is 0 Å². The van der Waals surface area contributed by atoms with Gasteiger partial charge in [0.15, 0.2) is 0 Å². The highest BCUT2D eigenvalue weighted by molar-refractivity contribution is 6.30. The monoisotopic (exact) mass is 387 g/mol. The number of hydrogen-bond donors (Lipinski definition) is 2. The Labute approximate surface area is 165 Å². The fourth-order valence-electron chi connectivity index (χ4n) is 3.31. The number of nitrogens with one attached hydrogen (secondary N) is 2. The number of halogens is 1. The van der Waals surface area contributed by atoms with Gasteiger partial charge in [0.25, 0.3) is 0 Å².